The van der Waals surface area contributed by atoms with E-state index in [-0.39, 0.29) is 24.1 Å². The lowest BCUT2D eigenvalue weighted by Gasteiger charge is -2.26. The average molecular weight is 426 g/mol. The van der Waals surface area contributed by atoms with Crippen molar-refractivity contribution in [2.24, 2.45) is 5.92 Å². The minimum Gasteiger partial charge on any atom is -0.486 e. The largest absolute Gasteiger partial charge is 0.486 e. The summed E-state index contributed by atoms with van der Waals surface area (Å²) in [5.74, 6) is 1.76. The van der Waals surface area contributed by atoms with Crippen LogP contribution in [0.3, 0.4) is 0 Å². The number of rotatable bonds is 4. The second-order valence-electron chi connectivity index (χ2n) is 8.01. The highest BCUT2D eigenvalue weighted by Crippen LogP contribution is 2.35. The summed E-state index contributed by atoms with van der Waals surface area (Å²) in [6.07, 6.45) is 4.20. The third-order valence-electron chi connectivity index (χ3n) is 5.69. The van der Waals surface area contributed by atoms with E-state index < -0.39 is 0 Å². The number of carbonyl (C=O) groups excluding carboxylic acids is 1. The van der Waals surface area contributed by atoms with Crippen LogP contribution in [0.15, 0.2) is 35.4 Å². The molecule has 2 aliphatic rings. The highest BCUT2D eigenvalue weighted by atomic mass is 32.1. The third kappa shape index (κ3) is 3.56. The van der Waals surface area contributed by atoms with E-state index >= 15 is 0 Å². The fraction of sp³-hybridized carbons (Fsp3) is 0.409. The van der Waals surface area contributed by atoms with E-state index in [9.17, 15) is 9.59 Å². The van der Waals surface area contributed by atoms with Crippen molar-refractivity contribution in [1.29, 1.82) is 0 Å². The molecule has 8 heteroatoms. The number of carbonyl (C=O) groups is 1. The quantitative estimate of drug-likeness (QED) is 0.695. The van der Waals surface area contributed by atoms with Gasteiger partial charge in [-0.05, 0) is 42.9 Å². The highest BCUT2D eigenvalue weighted by molar-refractivity contribution is 7.18. The first-order chi connectivity index (χ1) is 14.6. The predicted octanol–water partition coefficient (Wildman–Crippen LogP) is 2.54. The molecule has 0 radical (unpaired) electrons. The van der Waals surface area contributed by atoms with Gasteiger partial charge in [-0.15, -0.1) is 11.3 Å². The van der Waals surface area contributed by atoms with Gasteiger partial charge in [-0.1, -0.05) is 19.1 Å². The van der Waals surface area contributed by atoms with Crippen LogP contribution in [0.4, 0.5) is 0 Å². The number of aromatic nitrogens is 2. The summed E-state index contributed by atoms with van der Waals surface area (Å²) in [7, 11) is 0. The number of hydrogen-bond donors (Lipinski definition) is 1. The first kappa shape index (κ1) is 19.1. The SMILES string of the molecule is C[C@H]1CCc2c(sc3ncn(CC(=O)NC[C@@H]4COc5ccccc5O4)c(=O)c23)C1. The van der Waals surface area contributed by atoms with Crippen molar-refractivity contribution in [3.8, 4) is 11.5 Å². The number of amides is 1. The Labute approximate surface area is 177 Å². The molecule has 0 spiro atoms. The van der Waals surface area contributed by atoms with Gasteiger partial charge in [0.1, 0.15) is 24.1 Å². The van der Waals surface area contributed by atoms with E-state index in [1.807, 2.05) is 24.3 Å². The normalized spacial score (nSPS) is 20.0. The molecule has 0 fully saturated rings. The van der Waals surface area contributed by atoms with E-state index in [0.29, 0.717) is 36.0 Å². The molecule has 1 amide bonds. The van der Waals surface area contributed by atoms with Crippen LogP contribution >= 0.6 is 11.3 Å². The van der Waals surface area contributed by atoms with Gasteiger partial charge in [-0.3, -0.25) is 14.2 Å². The minimum atomic E-state index is -0.271. The first-order valence-electron chi connectivity index (χ1n) is 10.2. The Morgan fingerprint density at radius 1 is 1.33 bits per heavy atom. The van der Waals surface area contributed by atoms with Crippen LogP contribution in [0.25, 0.3) is 10.2 Å². The Morgan fingerprint density at radius 2 is 2.17 bits per heavy atom. The van der Waals surface area contributed by atoms with Crippen LogP contribution in [0.2, 0.25) is 0 Å². The number of aryl methyl sites for hydroxylation is 1. The van der Waals surface area contributed by atoms with Gasteiger partial charge in [0.15, 0.2) is 11.5 Å². The van der Waals surface area contributed by atoms with Gasteiger partial charge < -0.3 is 14.8 Å². The molecule has 0 saturated heterocycles. The summed E-state index contributed by atoms with van der Waals surface area (Å²) in [4.78, 5) is 32.0. The molecule has 0 unspecified atom stereocenters. The van der Waals surface area contributed by atoms with E-state index in [4.69, 9.17) is 9.47 Å². The summed E-state index contributed by atoms with van der Waals surface area (Å²) < 4.78 is 12.9. The van der Waals surface area contributed by atoms with Gasteiger partial charge in [0.2, 0.25) is 5.91 Å². The minimum absolute atomic E-state index is 0.0625. The van der Waals surface area contributed by atoms with Gasteiger partial charge in [-0.2, -0.15) is 0 Å². The summed E-state index contributed by atoms with van der Waals surface area (Å²) in [6, 6.07) is 7.45. The summed E-state index contributed by atoms with van der Waals surface area (Å²) in [5.41, 5.74) is 1.00. The maximum Gasteiger partial charge on any atom is 0.262 e. The highest BCUT2D eigenvalue weighted by Gasteiger charge is 2.24. The molecule has 7 nitrogen and oxygen atoms in total. The third-order valence-corrected chi connectivity index (χ3v) is 6.85. The number of hydrogen-bond acceptors (Lipinski definition) is 6. The topological polar surface area (TPSA) is 82.5 Å². The molecule has 156 valence electrons. The van der Waals surface area contributed by atoms with Gasteiger partial charge in [0, 0.05) is 4.88 Å². The molecule has 1 aliphatic heterocycles. The van der Waals surface area contributed by atoms with Crippen LogP contribution in [0.1, 0.15) is 23.8 Å². The number of fused-ring (bicyclic) bond motifs is 4. The number of nitrogens with one attached hydrogen (secondary N) is 1. The van der Waals surface area contributed by atoms with Crippen molar-refractivity contribution in [2.75, 3.05) is 13.2 Å². The number of benzene rings is 1. The molecule has 3 heterocycles. The Bertz CT molecular complexity index is 1170. The lowest BCUT2D eigenvalue weighted by Crippen LogP contribution is -2.42. The van der Waals surface area contributed by atoms with Gasteiger partial charge in [0.25, 0.3) is 5.56 Å². The monoisotopic (exact) mass is 425 g/mol. The molecule has 1 aliphatic carbocycles. The molecule has 5 rings (SSSR count). The van der Waals surface area contributed by atoms with Crippen molar-refractivity contribution in [1.82, 2.24) is 14.9 Å². The zero-order valence-corrected chi connectivity index (χ0v) is 17.5. The van der Waals surface area contributed by atoms with E-state index in [1.54, 1.807) is 11.3 Å². The molecule has 1 N–H and O–H groups in total. The zero-order chi connectivity index (χ0) is 20.7. The maximum absolute atomic E-state index is 13.0. The Morgan fingerprint density at radius 3 is 3.03 bits per heavy atom. The van der Waals surface area contributed by atoms with Crippen LogP contribution in [-0.2, 0) is 24.2 Å². The van der Waals surface area contributed by atoms with E-state index in [2.05, 4.69) is 17.2 Å². The van der Waals surface area contributed by atoms with Gasteiger partial charge in [-0.25, -0.2) is 4.98 Å². The van der Waals surface area contributed by atoms with E-state index in [1.165, 1.54) is 15.8 Å². The summed E-state index contributed by atoms with van der Waals surface area (Å²) >= 11 is 1.61. The molecule has 1 aromatic carbocycles. The van der Waals surface area contributed by atoms with Crippen molar-refractivity contribution >= 4 is 27.5 Å². The molecule has 30 heavy (non-hydrogen) atoms. The maximum atomic E-state index is 13.0. The molecular weight excluding hydrogens is 402 g/mol. The van der Waals surface area contributed by atoms with Crippen molar-refractivity contribution in [3.05, 3.63) is 51.4 Å². The zero-order valence-electron chi connectivity index (χ0n) is 16.7. The fourth-order valence-corrected chi connectivity index (χ4v) is 5.42. The number of thiophene rings is 1. The number of nitrogens with zero attached hydrogens (tertiary/aromatic N) is 2. The number of ether oxygens (including phenoxy) is 2. The Kier molecular flexibility index (Phi) is 4.94. The van der Waals surface area contributed by atoms with Crippen LogP contribution in [0, 0.1) is 5.92 Å². The smallest absolute Gasteiger partial charge is 0.262 e. The molecule has 3 aromatic rings. The van der Waals surface area contributed by atoms with Crippen LogP contribution in [-0.4, -0.2) is 34.7 Å². The molecule has 2 atom stereocenters. The lowest BCUT2D eigenvalue weighted by atomic mass is 9.89. The standard InChI is InChI=1S/C22H23N3O4S/c1-13-6-7-15-18(8-13)30-21-20(15)22(27)25(12-24-21)10-19(26)23-9-14-11-28-16-4-2-3-5-17(16)29-14/h2-5,12-14H,6-11H2,1H3,(H,23,26)/t13-,14+/m0/s1. The second-order valence-corrected chi connectivity index (χ2v) is 9.09. The summed E-state index contributed by atoms with van der Waals surface area (Å²) in [6.45, 7) is 2.85. The lowest BCUT2D eigenvalue weighted by molar-refractivity contribution is -0.122. The molecular formula is C22H23N3O4S. The van der Waals surface area contributed by atoms with Crippen molar-refractivity contribution in [3.63, 3.8) is 0 Å². The van der Waals surface area contributed by atoms with Gasteiger partial charge >= 0.3 is 0 Å². The predicted molar refractivity (Wildman–Crippen MR) is 114 cm³/mol. The average Bonchev–Trinajstić information content (AvgIpc) is 3.12. The fourth-order valence-electron chi connectivity index (χ4n) is 4.08. The molecule has 0 bridgehead atoms. The summed E-state index contributed by atoms with van der Waals surface area (Å²) in [5, 5.41) is 3.53. The molecule has 2 aromatic heterocycles. The van der Waals surface area contributed by atoms with Crippen molar-refractivity contribution in [2.45, 2.75) is 38.8 Å². The first-order valence-corrected chi connectivity index (χ1v) is 11.0. The Hall–Kier alpha value is -2.87. The van der Waals surface area contributed by atoms with Crippen LogP contribution in [0.5, 0.6) is 11.5 Å². The Balaban J connectivity index is 1.26. The van der Waals surface area contributed by atoms with Gasteiger partial charge in [0.05, 0.1) is 18.3 Å². The second kappa shape index (κ2) is 7.75. The van der Waals surface area contributed by atoms with Crippen molar-refractivity contribution < 1.29 is 14.3 Å². The van der Waals surface area contributed by atoms with Crippen LogP contribution < -0.4 is 20.3 Å². The molecule has 0 saturated carbocycles. The number of para-hydroxylation sites is 2. The van der Waals surface area contributed by atoms with E-state index in [0.717, 1.165) is 29.7 Å².